The van der Waals surface area contributed by atoms with Crippen molar-refractivity contribution in [2.75, 3.05) is 18.5 Å². The number of anilines is 1. The summed E-state index contributed by atoms with van der Waals surface area (Å²) in [5.74, 6) is -0.257. The van der Waals surface area contributed by atoms with Gasteiger partial charge in [0.05, 0.1) is 41.5 Å². The van der Waals surface area contributed by atoms with E-state index in [1.807, 2.05) is 0 Å². The van der Waals surface area contributed by atoms with E-state index in [1.165, 1.54) is 18.3 Å². The number of nitrogens with zero attached hydrogens (tertiary/aromatic N) is 2. The highest BCUT2D eigenvalue weighted by Gasteiger charge is 2.25. The molecule has 3 heterocycles. The number of nitrogens with one attached hydrogen (secondary N) is 2. The summed E-state index contributed by atoms with van der Waals surface area (Å²) in [6.45, 7) is 0.341. The lowest BCUT2D eigenvalue weighted by Gasteiger charge is -2.29. The largest absolute Gasteiger partial charge is 0.454 e. The molecule has 1 aliphatic heterocycles. The molecule has 0 saturated carbocycles. The molecule has 1 saturated heterocycles. The van der Waals surface area contributed by atoms with Crippen molar-refractivity contribution in [3.05, 3.63) is 83.4 Å². The minimum atomic E-state index is -0.479. The third-order valence-corrected chi connectivity index (χ3v) is 6.17. The number of benzene rings is 2. The molecule has 1 fully saturated rings. The zero-order valence-corrected chi connectivity index (χ0v) is 19.2. The molecule has 1 aliphatic rings. The molecule has 0 bridgehead atoms. The molecule has 2 aromatic heterocycles. The van der Waals surface area contributed by atoms with E-state index in [2.05, 4.69) is 21.4 Å². The number of rotatable bonds is 7. The molecule has 3 N–H and O–H groups in total. The van der Waals surface area contributed by atoms with Crippen LogP contribution in [0.2, 0.25) is 0 Å². The number of nitriles is 1. The molecule has 0 amide bonds. The monoisotopic (exact) mass is 486 g/mol. The number of aliphatic hydroxyl groups is 1. The average molecular weight is 487 g/mol. The number of aliphatic hydroxyl groups excluding tert-OH is 1. The van der Waals surface area contributed by atoms with E-state index >= 15 is 0 Å². The first kappa shape index (κ1) is 23.5. The topological polar surface area (TPSA) is 120 Å². The van der Waals surface area contributed by atoms with Crippen LogP contribution in [-0.2, 0) is 4.74 Å². The summed E-state index contributed by atoms with van der Waals surface area (Å²) in [5.41, 5.74) is 2.07. The lowest BCUT2D eigenvalue weighted by Crippen LogP contribution is -2.36. The van der Waals surface area contributed by atoms with Crippen molar-refractivity contribution >= 4 is 22.5 Å². The maximum absolute atomic E-state index is 13.9. The number of aromatic amines is 1. The van der Waals surface area contributed by atoms with Crippen LogP contribution in [-0.4, -0.2) is 46.2 Å². The fraction of sp³-hybridized carbons (Fsp3) is 0.222. The molecule has 4 aromatic rings. The van der Waals surface area contributed by atoms with Gasteiger partial charge in [-0.15, -0.1) is 0 Å². The Morgan fingerprint density at radius 2 is 2.06 bits per heavy atom. The van der Waals surface area contributed by atoms with Gasteiger partial charge in [0.1, 0.15) is 17.5 Å². The number of H-pyrrole nitrogens is 1. The molecular formula is C27H23FN4O4. The van der Waals surface area contributed by atoms with Gasteiger partial charge in [0.2, 0.25) is 0 Å². The second-order valence-corrected chi connectivity index (χ2v) is 8.53. The summed E-state index contributed by atoms with van der Waals surface area (Å²) in [4.78, 5) is 20.8. The number of carbonyl (C=O) groups excluding carboxylic acids is 1. The van der Waals surface area contributed by atoms with Crippen LogP contribution in [0.1, 0.15) is 34.3 Å². The summed E-state index contributed by atoms with van der Waals surface area (Å²) in [7, 11) is 0. The van der Waals surface area contributed by atoms with Crippen molar-refractivity contribution in [3.63, 3.8) is 0 Å². The van der Waals surface area contributed by atoms with E-state index in [0.717, 1.165) is 6.42 Å². The van der Waals surface area contributed by atoms with Gasteiger partial charge < -0.3 is 24.9 Å². The number of hydrogen-bond donors (Lipinski definition) is 3. The summed E-state index contributed by atoms with van der Waals surface area (Å²) in [5, 5.41) is 22.9. The first-order valence-corrected chi connectivity index (χ1v) is 11.5. The Kier molecular flexibility index (Phi) is 6.62. The SMILES string of the molecule is N#Cc1cnc2[nH]cc(C(=O)c3ccc(Oc4ccccc4F)cc3)c2c1N[C@@H]1CC[C@@H](CO)OC1. The lowest BCUT2D eigenvalue weighted by molar-refractivity contribution is -0.0223. The van der Waals surface area contributed by atoms with Crippen LogP contribution < -0.4 is 10.1 Å². The number of para-hydroxylation sites is 1. The van der Waals surface area contributed by atoms with Crippen LogP contribution in [0.25, 0.3) is 11.0 Å². The van der Waals surface area contributed by atoms with E-state index in [0.29, 0.717) is 52.2 Å². The van der Waals surface area contributed by atoms with Gasteiger partial charge in [-0.05, 0) is 49.2 Å². The predicted octanol–water partition coefficient (Wildman–Crippen LogP) is 4.55. The minimum Gasteiger partial charge on any atom is -0.454 e. The van der Waals surface area contributed by atoms with Gasteiger partial charge in [0.15, 0.2) is 17.3 Å². The Bertz CT molecular complexity index is 1440. The summed E-state index contributed by atoms with van der Waals surface area (Å²) < 4.78 is 25.1. The zero-order valence-electron chi connectivity index (χ0n) is 19.2. The number of fused-ring (bicyclic) bond motifs is 1. The van der Waals surface area contributed by atoms with Gasteiger partial charge in [0.25, 0.3) is 0 Å². The number of aromatic nitrogens is 2. The fourth-order valence-corrected chi connectivity index (χ4v) is 4.26. The minimum absolute atomic E-state index is 0.0315. The van der Waals surface area contributed by atoms with E-state index < -0.39 is 5.82 Å². The average Bonchev–Trinajstić information content (AvgIpc) is 3.35. The molecule has 0 unspecified atom stereocenters. The molecular weight excluding hydrogens is 463 g/mol. The molecule has 9 heteroatoms. The third kappa shape index (κ3) is 4.64. The van der Waals surface area contributed by atoms with Crippen molar-refractivity contribution in [2.24, 2.45) is 0 Å². The number of ether oxygens (including phenoxy) is 2. The van der Waals surface area contributed by atoms with E-state index in [-0.39, 0.29) is 30.3 Å². The first-order valence-electron chi connectivity index (χ1n) is 11.5. The molecule has 182 valence electrons. The van der Waals surface area contributed by atoms with Crippen LogP contribution in [0.5, 0.6) is 11.5 Å². The molecule has 8 nitrogen and oxygen atoms in total. The standard InChI is InChI=1S/C27H23FN4O4/c28-22-3-1-2-4-23(22)36-19-8-5-16(6-9-19)26(34)21-13-31-27-24(21)25(17(11-29)12-30-27)32-18-7-10-20(14-33)35-15-18/h1-6,8-9,12-13,18,20,33H,7,10,14-15H2,(H2,30,31,32)/t18-,20+/m1/s1. The number of pyridine rings is 1. The molecule has 0 aliphatic carbocycles. The smallest absolute Gasteiger partial charge is 0.195 e. The molecule has 5 rings (SSSR count). The summed E-state index contributed by atoms with van der Waals surface area (Å²) in [6, 6.07) is 14.6. The van der Waals surface area contributed by atoms with Gasteiger partial charge in [-0.3, -0.25) is 4.79 Å². The Balaban J connectivity index is 1.43. The third-order valence-electron chi connectivity index (χ3n) is 6.17. The molecule has 2 aromatic carbocycles. The Morgan fingerprint density at radius 3 is 2.75 bits per heavy atom. The van der Waals surface area contributed by atoms with Gasteiger partial charge >= 0.3 is 0 Å². The fourth-order valence-electron chi connectivity index (χ4n) is 4.26. The van der Waals surface area contributed by atoms with Gasteiger partial charge in [-0.2, -0.15) is 5.26 Å². The normalized spacial score (nSPS) is 17.5. The van der Waals surface area contributed by atoms with Crippen LogP contribution in [0.4, 0.5) is 10.1 Å². The molecule has 0 spiro atoms. The first-order chi connectivity index (χ1) is 17.6. The van der Waals surface area contributed by atoms with Crippen LogP contribution >= 0.6 is 0 Å². The maximum atomic E-state index is 13.9. The van der Waals surface area contributed by atoms with E-state index in [4.69, 9.17) is 9.47 Å². The van der Waals surface area contributed by atoms with E-state index in [9.17, 15) is 19.6 Å². The van der Waals surface area contributed by atoms with Crippen molar-refractivity contribution in [2.45, 2.75) is 25.0 Å². The number of hydrogen-bond acceptors (Lipinski definition) is 7. The van der Waals surface area contributed by atoms with Crippen LogP contribution in [0.15, 0.2) is 60.9 Å². The van der Waals surface area contributed by atoms with Crippen molar-refractivity contribution in [3.8, 4) is 17.6 Å². The second kappa shape index (κ2) is 10.2. The predicted molar refractivity (Wildman–Crippen MR) is 131 cm³/mol. The Labute approximate surface area is 206 Å². The number of ketones is 1. The second-order valence-electron chi connectivity index (χ2n) is 8.53. The lowest BCUT2D eigenvalue weighted by atomic mass is 10.00. The van der Waals surface area contributed by atoms with Gasteiger partial charge in [-0.25, -0.2) is 9.37 Å². The van der Waals surface area contributed by atoms with Crippen LogP contribution in [0.3, 0.4) is 0 Å². The highest BCUT2D eigenvalue weighted by Crippen LogP contribution is 2.32. The molecule has 36 heavy (non-hydrogen) atoms. The maximum Gasteiger partial charge on any atom is 0.195 e. The molecule has 0 radical (unpaired) electrons. The Morgan fingerprint density at radius 1 is 1.25 bits per heavy atom. The van der Waals surface area contributed by atoms with Crippen molar-refractivity contribution in [1.29, 1.82) is 5.26 Å². The Hall–Kier alpha value is -4.26. The quantitative estimate of drug-likeness (QED) is 0.328. The van der Waals surface area contributed by atoms with Crippen molar-refractivity contribution in [1.82, 2.24) is 9.97 Å². The molecule has 2 atom stereocenters. The summed E-state index contributed by atoms with van der Waals surface area (Å²) in [6.07, 6.45) is 4.28. The summed E-state index contributed by atoms with van der Waals surface area (Å²) >= 11 is 0. The van der Waals surface area contributed by atoms with Crippen molar-refractivity contribution < 1.29 is 23.8 Å². The highest BCUT2D eigenvalue weighted by atomic mass is 19.1. The number of carbonyl (C=O) groups is 1. The zero-order chi connectivity index (χ0) is 25.1. The van der Waals surface area contributed by atoms with E-state index in [1.54, 1.807) is 42.6 Å². The van der Waals surface area contributed by atoms with Gasteiger partial charge in [0, 0.05) is 24.0 Å². The van der Waals surface area contributed by atoms with Gasteiger partial charge in [-0.1, -0.05) is 12.1 Å². The van der Waals surface area contributed by atoms with Crippen LogP contribution in [0, 0.1) is 17.1 Å². The number of halogens is 1. The highest BCUT2D eigenvalue weighted by molar-refractivity contribution is 6.18.